The molecule has 0 aliphatic heterocycles. The van der Waals surface area contributed by atoms with Crippen LogP contribution in [0, 0.1) is 13.8 Å². The molecule has 0 aliphatic rings. The van der Waals surface area contributed by atoms with E-state index in [1.807, 2.05) is 33.0 Å². The van der Waals surface area contributed by atoms with Crippen LogP contribution in [-0.4, -0.2) is 34.7 Å². The summed E-state index contributed by atoms with van der Waals surface area (Å²) in [6, 6.07) is 5.37. The van der Waals surface area contributed by atoms with E-state index in [-0.39, 0.29) is 5.91 Å². The van der Waals surface area contributed by atoms with E-state index >= 15 is 0 Å². The summed E-state index contributed by atoms with van der Waals surface area (Å²) >= 11 is 6.03. The molecule has 2 rings (SSSR count). The number of halogens is 1. The number of benzene rings is 1. The van der Waals surface area contributed by atoms with Gasteiger partial charge in [-0.2, -0.15) is 5.10 Å². The average molecular weight is 348 g/mol. The van der Waals surface area contributed by atoms with Crippen LogP contribution in [0.4, 0.5) is 0 Å². The Morgan fingerprint density at radius 1 is 1.42 bits per heavy atom. The molecule has 1 aromatic heterocycles. The number of aromatic nitrogens is 2. The van der Waals surface area contributed by atoms with E-state index in [4.69, 9.17) is 16.3 Å². The van der Waals surface area contributed by atoms with Crippen LogP contribution in [0.1, 0.15) is 22.5 Å². The molecular weight excluding hydrogens is 326 g/mol. The van der Waals surface area contributed by atoms with Crippen molar-refractivity contribution in [2.24, 2.45) is 7.05 Å². The van der Waals surface area contributed by atoms with Crippen LogP contribution in [-0.2, 0) is 18.4 Å². The fourth-order valence-electron chi connectivity index (χ4n) is 2.52. The summed E-state index contributed by atoms with van der Waals surface area (Å²) in [4.78, 5) is 14.0. The van der Waals surface area contributed by atoms with Gasteiger partial charge in [-0.3, -0.25) is 9.48 Å². The van der Waals surface area contributed by atoms with E-state index in [1.165, 1.54) is 0 Å². The lowest BCUT2D eigenvalue weighted by Crippen LogP contribution is -2.24. The molecule has 0 N–H and O–H groups in total. The van der Waals surface area contributed by atoms with Crippen LogP contribution in [0.15, 0.2) is 24.3 Å². The van der Waals surface area contributed by atoms with Crippen LogP contribution >= 0.6 is 11.6 Å². The summed E-state index contributed by atoms with van der Waals surface area (Å²) in [6.07, 6.45) is 3.37. The van der Waals surface area contributed by atoms with Gasteiger partial charge in [0.05, 0.1) is 12.8 Å². The monoisotopic (exact) mass is 347 g/mol. The van der Waals surface area contributed by atoms with E-state index in [0.29, 0.717) is 17.3 Å². The number of hydrogen-bond acceptors (Lipinski definition) is 3. The minimum Gasteiger partial charge on any atom is -0.496 e. The molecule has 5 nitrogen and oxygen atoms in total. The molecule has 0 saturated heterocycles. The molecule has 0 atom stereocenters. The summed E-state index contributed by atoms with van der Waals surface area (Å²) < 4.78 is 7.12. The number of carbonyl (C=O) groups excluding carboxylic acids is 1. The quantitative estimate of drug-likeness (QED) is 0.779. The SMILES string of the molecule is COc1ccc(Cl)cc1CN(C)C(=O)/C=C/c1c(C)nn(C)c1C. The van der Waals surface area contributed by atoms with Gasteiger partial charge >= 0.3 is 0 Å². The minimum atomic E-state index is -0.0975. The summed E-state index contributed by atoms with van der Waals surface area (Å²) in [5.41, 5.74) is 3.76. The normalized spacial score (nSPS) is 11.1. The van der Waals surface area contributed by atoms with E-state index in [0.717, 1.165) is 22.5 Å². The van der Waals surface area contributed by atoms with Gasteiger partial charge in [-0.05, 0) is 38.1 Å². The van der Waals surface area contributed by atoms with Crippen LogP contribution in [0.2, 0.25) is 5.02 Å². The Hall–Kier alpha value is -2.27. The van der Waals surface area contributed by atoms with Gasteiger partial charge in [0.1, 0.15) is 5.75 Å². The Morgan fingerprint density at radius 2 is 2.12 bits per heavy atom. The van der Waals surface area contributed by atoms with Gasteiger partial charge in [0.2, 0.25) is 5.91 Å². The summed E-state index contributed by atoms with van der Waals surface area (Å²) in [6.45, 7) is 4.32. The minimum absolute atomic E-state index is 0.0975. The van der Waals surface area contributed by atoms with Crippen molar-refractivity contribution in [2.75, 3.05) is 14.2 Å². The average Bonchev–Trinajstić information content (AvgIpc) is 2.78. The Bertz CT molecular complexity index is 781. The molecule has 1 amide bonds. The molecule has 1 heterocycles. The smallest absolute Gasteiger partial charge is 0.246 e. The Morgan fingerprint density at radius 3 is 2.71 bits per heavy atom. The summed E-state index contributed by atoms with van der Waals surface area (Å²) in [7, 11) is 5.23. The number of hydrogen-bond donors (Lipinski definition) is 0. The van der Waals surface area contributed by atoms with Crippen LogP contribution in [0.5, 0.6) is 5.75 Å². The van der Waals surface area contributed by atoms with Crippen LogP contribution in [0.25, 0.3) is 6.08 Å². The maximum atomic E-state index is 12.4. The standard InChI is InChI=1S/C18H22ClN3O2/c1-12-16(13(2)22(4)20-12)7-9-18(23)21(3)11-14-10-15(19)6-8-17(14)24-5/h6-10H,11H2,1-5H3/b9-7+. The zero-order chi connectivity index (χ0) is 17.9. The van der Waals surface area contributed by atoms with E-state index < -0.39 is 0 Å². The largest absolute Gasteiger partial charge is 0.496 e. The van der Waals surface area contributed by atoms with Crippen molar-refractivity contribution in [3.63, 3.8) is 0 Å². The Labute approximate surface area is 147 Å². The number of ether oxygens (including phenoxy) is 1. The number of rotatable bonds is 5. The highest BCUT2D eigenvalue weighted by molar-refractivity contribution is 6.30. The highest BCUT2D eigenvalue weighted by Crippen LogP contribution is 2.24. The van der Waals surface area contributed by atoms with E-state index in [1.54, 1.807) is 41.9 Å². The second-order valence-electron chi connectivity index (χ2n) is 5.69. The number of carbonyl (C=O) groups is 1. The molecular formula is C18H22ClN3O2. The third-order valence-corrected chi connectivity index (χ3v) is 4.22. The number of nitrogens with zero attached hydrogens (tertiary/aromatic N) is 3. The molecule has 128 valence electrons. The summed E-state index contributed by atoms with van der Waals surface area (Å²) in [5.74, 6) is 0.613. The third kappa shape index (κ3) is 3.97. The van der Waals surface area contributed by atoms with Crippen molar-refractivity contribution < 1.29 is 9.53 Å². The molecule has 0 bridgehead atoms. The molecule has 6 heteroatoms. The predicted molar refractivity (Wildman–Crippen MR) is 96.2 cm³/mol. The van der Waals surface area contributed by atoms with E-state index in [9.17, 15) is 4.79 Å². The number of likely N-dealkylation sites (N-methyl/N-ethyl adjacent to an activating group) is 1. The van der Waals surface area contributed by atoms with E-state index in [2.05, 4.69) is 5.10 Å². The zero-order valence-electron chi connectivity index (χ0n) is 14.6. The highest BCUT2D eigenvalue weighted by Gasteiger charge is 2.12. The molecule has 24 heavy (non-hydrogen) atoms. The topological polar surface area (TPSA) is 47.4 Å². The Balaban J connectivity index is 2.13. The maximum Gasteiger partial charge on any atom is 0.246 e. The number of methoxy groups -OCH3 is 1. The van der Waals surface area contributed by atoms with Gasteiger partial charge < -0.3 is 9.64 Å². The van der Waals surface area contributed by atoms with Crippen molar-refractivity contribution in [1.82, 2.24) is 14.7 Å². The lowest BCUT2D eigenvalue weighted by molar-refractivity contribution is -0.125. The van der Waals surface area contributed by atoms with Gasteiger partial charge in [-0.25, -0.2) is 0 Å². The first-order valence-corrected chi connectivity index (χ1v) is 7.97. The van der Waals surface area contributed by atoms with Crippen molar-refractivity contribution in [3.05, 3.63) is 51.8 Å². The second-order valence-corrected chi connectivity index (χ2v) is 6.13. The van der Waals surface area contributed by atoms with Crippen LogP contribution in [0.3, 0.4) is 0 Å². The van der Waals surface area contributed by atoms with Gasteiger partial charge in [0.15, 0.2) is 0 Å². The molecule has 0 unspecified atom stereocenters. The summed E-state index contributed by atoms with van der Waals surface area (Å²) in [5, 5.41) is 4.96. The van der Waals surface area contributed by atoms with Crippen molar-refractivity contribution in [3.8, 4) is 5.75 Å². The second kappa shape index (κ2) is 7.53. The van der Waals surface area contributed by atoms with Crippen molar-refractivity contribution in [1.29, 1.82) is 0 Å². The van der Waals surface area contributed by atoms with Gasteiger partial charge in [-0.1, -0.05) is 11.6 Å². The number of aryl methyl sites for hydroxylation is 2. The first kappa shape index (κ1) is 18.1. The lowest BCUT2D eigenvalue weighted by Gasteiger charge is -2.17. The first-order chi connectivity index (χ1) is 11.3. The zero-order valence-corrected chi connectivity index (χ0v) is 15.4. The molecule has 0 radical (unpaired) electrons. The molecule has 2 aromatic rings. The predicted octanol–water partition coefficient (Wildman–Crippen LogP) is 3.37. The molecule has 0 fully saturated rings. The maximum absolute atomic E-state index is 12.4. The van der Waals surface area contributed by atoms with Crippen LogP contribution < -0.4 is 4.74 Å². The molecule has 0 saturated carbocycles. The van der Waals surface area contributed by atoms with Gasteiger partial charge in [-0.15, -0.1) is 0 Å². The third-order valence-electron chi connectivity index (χ3n) is 3.98. The van der Waals surface area contributed by atoms with Crippen molar-refractivity contribution >= 4 is 23.6 Å². The molecule has 0 aliphatic carbocycles. The first-order valence-electron chi connectivity index (χ1n) is 7.59. The molecule has 0 spiro atoms. The van der Waals surface area contributed by atoms with Gasteiger partial charge in [0.25, 0.3) is 0 Å². The fraction of sp³-hybridized carbons (Fsp3) is 0.333. The fourth-order valence-corrected chi connectivity index (χ4v) is 2.71. The number of amides is 1. The van der Waals surface area contributed by atoms with Crippen molar-refractivity contribution in [2.45, 2.75) is 20.4 Å². The molecule has 1 aromatic carbocycles. The lowest BCUT2D eigenvalue weighted by atomic mass is 10.1. The van der Waals surface area contributed by atoms with Gasteiger partial charge in [0, 0.05) is 48.6 Å². The highest BCUT2D eigenvalue weighted by atomic mass is 35.5. The Kier molecular flexibility index (Phi) is 5.67.